The first kappa shape index (κ1) is 35.6. The summed E-state index contributed by atoms with van der Waals surface area (Å²) in [5.41, 5.74) is 3.31. The molecule has 0 radical (unpaired) electrons. The molecule has 4 N–H and O–H groups in total. The highest BCUT2D eigenvalue weighted by Crippen LogP contribution is 2.33. The number of primary sulfonamides is 1. The van der Waals surface area contributed by atoms with Crippen molar-refractivity contribution in [3.8, 4) is 17.6 Å². The minimum atomic E-state index is -3.75. The Bertz CT molecular complexity index is 1570. The van der Waals surface area contributed by atoms with E-state index in [-0.39, 0.29) is 17.5 Å². The predicted molar refractivity (Wildman–Crippen MR) is 177 cm³/mol. The summed E-state index contributed by atoms with van der Waals surface area (Å²) >= 11 is 0. The molecule has 0 saturated heterocycles. The van der Waals surface area contributed by atoms with Gasteiger partial charge < -0.3 is 24.4 Å². The van der Waals surface area contributed by atoms with E-state index in [4.69, 9.17) is 19.3 Å². The number of hydrogen-bond donors (Lipinski definition) is 3. The molecule has 0 bridgehead atoms. The topological polar surface area (TPSA) is 132 Å². The maximum absolute atomic E-state index is 11.5. The highest BCUT2D eigenvalue weighted by molar-refractivity contribution is 7.89. The summed E-state index contributed by atoms with van der Waals surface area (Å²) in [7, 11) is -3.75. The Morgan fingerprint density at radius 1 is 0.978 bits per heavy atom. The van der Waals surface area contributed by atoms with Crippen molar-refractivity contribution in [2.24, 2.45) is 5.14 Å². The molecule has 9 nitrogen and oxygen atoms in total. The summed E-state index contributed by atoms with van der Waals surface area (Å²) in [6.07, 6.45) is 3.63. The van der Waals surface area contributed by atoms with Crippen molar-refractivity contribution < 1.29 is 32.8 Å². The van der Waals surface area contributed by atoms with Gasteiger partial charge in [0.2, 0.25) is 15.8 Å². The molecule has 0 unspecified atom stereocenters. The molecule has 0 amide bonds. The Morgan fingerprint density at radius 3 is 2.52 bits per heavy atom. The van der Waals surface area contributed by atoms with Crippen LogP contribution in [-0.2, 0) is 26.1 Å². The molecule has 1 heterocycles. The average molecular weight is 651 g/mol. The number of aliphatic hydroxyl groups is 2. The largest absolute Gasteiger partial charge is 0.463 e. The molecule has 0 aromatic heterocycles. The molecule has 248 valence electrons. The molecular formula is C36H46N2O7S. The van der Waals surface area contributed by atoms with E-state index >= 15 is 0 Å². The second kappa shape index (κ2) is 17.0. The van der Waals surface area contributed by atoms with Crippen LogP contribution in [-0.4, -0.2) is 62.2 Å². The Balaban J connectivity index is 1.23. The normalized spacial score (nSPS) is 15.3. The van der Waals surface area contributed by atoms with Crippen LogP contribution in [0.25, 0.3) is 0 Å². The number of fused-ring (bicyclic) bond motifs is 1. The van der Waals surface area contributed by atoms with Gasteiger partial charge in [0.1, 0.15) is 5.75 Å². The lowest BCUT2D eigenvalue weighted by atomic mass is 10.0. The quantitative estimate of drug-likeness (QED) is 0.145. The fourth-order valence-corrected chi connectivity index (χ4v) is 5.95. The summed E-state index contributed by atoms with van der Waals surface area (Å²) in [5, 5.41) is 26.9. The zero-order valence-electron chi connectivity index (χ0n) is 26.7. The number of ether oxygens (including phenoxy) is 3. The highest BCUT2D eigenvalue weighted by atomic mass is 32.2. The van der Waals surface area contributed by atoms with Gasteiger partial charge in [-0.25, -0.2) is 13.6 Å². The van der Waals surface area contributed by atoms with Gasteiger partial charge in [0.15, 0.2) is 0 Å². The van der Waals surface area contributed by atoms with E-state index in [0.29, 0.717) is 38.3 Å². The summed E-state index contributed by atoms with van der Waals surface area (Å²) in [6.45, 7) is 6.37. The van der Waals surface area contributed by atoms with Gasteiger partial charge in [0.05, 0.1) is 36.9 Å². The maximum atomic E-state index is 11.5. The molecule has 1 aliphatic heterocycles. The first-order valence-corrected chi connectivity index (χ1v) is 17.3. The molecule has 0 fully saturated rings. The van der Waals surface area contributed by atoms with Crippen molar-refractivity contribution in [2.75, 3.05) is 32.9 Å². The summed E-state index contributed by atoms with van der Waals surface area (Å²) in [4.78, 5) is 2.22. The fraction of sp³-hybridized carbons (Fsp3) is 0.444. The van der Waals surface area contributed by atoms with Crippen molar-refractivity contribution in [2.45, 2.75) is 75.4 Å². The molecule has 3 aromatic rings. The molecule has 2 atom stereocenters. The standard InChI is InChI=1S/C36H46N2O7S/c1-36(2)44-27-31-24-30(18-19-35(31)45-36)34(40)25-38(33(26-39)29-15-6-5-7-16-29)20-9-3-4-10-21-43-22-11-8-13-28-14-12-17-32(23-28)46(37,41)42/h5-7,12,14-19,23-24,33-34,39-40H,3-4,9-11,20-22,25-27H2,1-2H3,(H2,37,41,42)/t33-,34-/m1/s1. The van der Waals surface area contributed by atoms with Crippen LogP contribution in [0.1, 0.15) is 80.4 Å². The number of nitrogens with two attached hydrogens (primary N) is 1. The van der Waals surface area contributed by atoms with Crippen LogP contribution in [0.4, 0.5) is 0 Å². The summed E-state index contributed by atoms with van der Waals surface area (Å²) in [6, 6.07) is 21.7. The van der Waals surface area contributed by atoms with Crippen LogP contribution < -0.4 is 9.88 Å². The smallest absolute Gasteiger partial charge is 0.238 e. The Labute approximate surface area is 273 Å². The van der Waals surface area contributed by atoms with Crippen LogP contribution in [0, 0.1) is 11.8 Å². The SMILES string of the molecule is CC1(C)OCc2cc([C@H](O)CN(CCCCCCOCCC#Cc3cccc(S(N)(=O)=O)c3)[C@H](CO)c3ccccc3)ccc2O1. The van der Waals surface area contributed by atoms with Crippen LogP contribution in [0.2, 0.25) is 0 Å². The zero-order valence-corrected chi connectivity index (χ0v) is 27.5. The third-order valence-electron chi connectivity index (χ3n) is 7.86. The summed E-state index contributed by atoms with van der Waals surface area (Å²) < 4.78 is 40.4. The van der Waals surface area contributed by atoms with Crippen LogP contribution in [0.15, 0.2) is 77.7 Å². The van der Waals surface area contributed by atoms with Gasteiger partial charge in [0, 0.05) is 44.5 Å². The van der Waals surface area contributed by atoms with Gasteiger partial charge in [-0.1, -0.05) is 67.1 Å². The first-order chi connectivity index (χ1) is 22.1. The zero-order chi connectivity index (χ0) is 33.0. The van der Waals surface area contributed by atoms with Crippen LogP contribution in [0.3, 0.4) is 0 Å². The number of rotatable bonds is 16. The molecule has 3 aromatic carbocycles. The minimum Gasteiger partial charge on any atom is -0.463 e. The molecule has 1 aliphatic rings. The van der Waals surface area contributed by atoms with E-state index in [0.717, 1.165) is 54.7 Å². The van der Waals surface area contributed by atoms with E-state index in [1.807, 2.05) is 62.4 Å². The lowest BCUT2D eigenvalue weighted by molar-refractivity contribution is -0.180. The second-order valence-electron chi connectivity index (χ2n) is 11.9. The number of benzene rings is 3. The first-order valence-electron chi connectivity index (χ1n) is 15.8. The van der Waals surface area contributed by atoms with E-state index in [1.54, 1.807) is 12.1 Å². The minimum absolute atomic E-state index is 0.0477. The van der Waals surface area contributed by atoms with E-state index in [2.05, 4.69) is 16.7 Å². The lowest BCUT2D eigenvalue weighted by Crippen LogP contribution is -2.36. The maximum Gasteiger partial charge on any atom is 0.238 e. The third-order valence-corrected chi connectivity index (χ3v) is 8.77. The van der Waals surface area contributed by atoms with Crippen molar-refractivity contribution >= 4 is 10.0 Å². The number of sulfonamides is 1. The van der Waals surface area contributed by atoms with Crippen molar-refractivity contribution in [1.82, 2.24) is 4.90 Å². The Kier molecular flexibility index (Phi) is 13.2. The van der Waals surface area contributed by atoms with Gasteiger partial charge in [-0.3, -0.25) is 4.90 Å². The highest BCUT2D eigenvalue weighted by Gasteiger charge is 2.28. The van der Waals surface area contributed by atoms with Crippen LogP contribution >= 0.6 is 0 Å². The number of hydrogen-bond acceptors (Lipinski definition) is 8. The van der Waals surface area contributed by atoms with Gasteiger partial charge >= 0.3 is 0 Å². The monoisotopic (exact) mass is 650 g/mol. The number of aliphatic hydroxyl groups excluding tert-OH is 2. The predicted octanol–water partition coefficient (Wildman–Crippen LogP) is 5.07. The van der Waals surface area contributed by atoms with E-state index in [9.17, 15) is 18.6 Å². The van der Waals surface area contributed by atoms with E-state index in [1.165, 1.54) is 12.1 Å². The van der Waals surface area contributed by atoms with Crippen molar-refractivity contribution in [3.05, 3.63) is 95.1 Å². The number of unbranched alkanes of at least 4 members (excludes halogenated alkanes) is 3. The molecule has 46 heavy (non-hydrogen) atoms. The van der Waals surface area contributed by atoms with Crippen molar-refractivity contribution in [3.63, 3.8) is 0 Å². The van der Waals surface area contributed by atoms with Gasteiger partial charge in [-0.05, 0) is 60.8 Å². The molecule has 4 rings (SSSR count). The molecule has 10 heteroatoms. The van der Waals surface area contributed by atoms with E-state index < -0.39 is 21.9 Å². The van der Waals surface area contributed by atoms with Gasteiger partial charge in [0.25, 0.3) is 0 Å². The number of nitrogens with zero attached hydrogens (tertiary/aromatic N) is 1. The van der Waals surface area contributed by atoms with Gasteiger partial charge in [-0.15, -0.1) is 0 Å². The average Bonchev–Trinajstić information content (AvgIpc) is 3.03. The fourth-order valence-electron chi connectivity index (χ4n) is 5.39. The molecular weight excluding hydrogens is 604 g/mol. The summed E-state index contributed by atoms with van der Waals surface area (Å²) in [5.74, 6) is 6.05. The second-order valence-corrected chi connectivity index (χ2v) is 13.5. The Morgan fingerprint density at radius 2 is 1.76 bits per heavy atom. The third kappa shape index (κ3) is 10.9. The lowest BCUT2D eigenvalue weighted by Gasteiger charge is -2.34. The van der Waals surface area contributed by atoms with Crippen molar-refractivity contribution in [1.29, 1.82) is 0 Å². The van der Waals surface area contributed by atoms with Crippen LogP contribution in [0.5, 0.6) is 5.75 Å². The molecule has 0 aliphatic carbocycles. The Hall–Kier alpha value is -3.27. The molecule has 0 spiro atoms. The van der Waals surface area contributed by atoms with Gasteiger partial charge in [-0.2, -0.15) is 0 Å². The molecule has 0 saturated carbocycles.